The molecule has 0 atom stereocenters. The molecule has 0 aromatic carbocycles. The third-order valence-electron chi connectivity index (χ3n) is 6.45. The zero-order chi connectivity index (χ0) is 20.6. The number of rotatable bonds is 5. The molecule has 160 valence electrons. The standard InChI is InChI=1S/C22H27N9/c1-2-7-17(8-3-1)29-14-20(24-16-29)30-13-19(23-15-30)25-21-18-9-6-12-31(18)27-22(26-21)28-10-4-5-11-28/h6,9,12-17H,1-5,7-8,10-11H2,(H,25,26,27). The Kier molecular flexibility index (Phi) is 4.58. The number of anilines is 3. The van der Waals surface area contributed by atoms with Crippen LogP contribution in [0.5, 0.6) is 0 Å². The maximum absolute atomic E-state index is 4.81. The molecular formula is C22H27N9. The van der Waals surface area contributed by atoms with Crippen molar-refractivity contribution in [1.82, 2.24) is 33.7 Å². The van der Waals surface area contributed by atoms with E-state index in [1.165, 1.54) is 44.9 Å². The van der Waals surface area contributed by atoms with Gasteiger partial charge in [0, 0.05) is 31.5 Å². The van der Waals surface area contributed by atoms with Gasteiger partial charge in [-0.2, -0.15) is 4.98 Å². The van der Waals surface area contributed by atoms with Gasteiger partial charge in [-0.3, -0.25) is 4.57 Å². The van der Waals surface area contributed by atoms with Gasteiger partial charge in [0.05, 0.1) is 12.5 Å². The van der Waals surface area contributed by atoms with Crippen LogP contribution in [0.15, 0.2) is 43.4 Å². The van der Waals surface area contributed by atoms with Gasteiger partial charge in [-0.25, -0.2) is 14.5 Å². The summed E-state index contributed by atoms with van der Waals surface area (Å²) in [5.41, 5.74) is 0.930. The molecule has 0 radical (unpaired) electrons. The fraction of sp³-hybridized carbons (Fsp3) is 0.455. The summed E-state index contributed by atoms with van der Waals surface area (Å²) in [6, 6.07) is 4.57. The van der Waals surface area contributed by atoms with Crippen molar-refractivity contribution in [3.05, 3.63) is 43.4 Å². The first-order valence-corrected chi connectivity index (χ1v) is 11.3. The lowest BCUT2D eigenvalue weighted by Crippen LogP contribution is -2.22. The van der Waals surface area contributed by atoms with Crippen molar-refractivity contribution in [1.29, 1.82) is 0 Å². The van der Waals surface area contributed by atoms with Crippen LogP contribution < -0.4 is 10.2 Å². The quantitative estimate of drug-likeness (QED) is 0.529. The molecule has 6 rings (SSSR count). The number of hydrogen-bond donors (Lipinski definition) is 1. The summed E-state index contributed by atoms with van der Waals surface area (Å²) in [6.45, 7) is 2.01. The molecule has 4 aromatic heterocycles. The Morgan fingerprint density at radius 2 is 1.81 bits per heavy atom. The third kappa shape index (κ3) is 3.54. The minimum Gasteiger partial charge on any atom is -0.340 e. The molecule has 5 heterocycles. The maximum atomic E-state index is 4.81. The summed E-state index contributed by atoms with van der Waals surface area (Å²) in [4.78, 5) is 16.2. The molecule has 2 fully saturated rings. The van der Waals surface area contributed by atoms with Crippen LogP contribution in [0.1, 0.15) is 51.0 Å². The highest BCUT2D eigenvalue weighted by Crippen LogP contribution is 2.29. The second kappa shape index (κ2) is 7.72. The van der Waals surface area contributed by atoms with Crippen LogP contribution >= 0.6 is 0 Å². The highest BCUT2D eigenvalue weighted by atomic mass is 15.4. The minimum atomic E-state index is 0.573. The van der Waals surface area contributed by atoms with Gasteiger partial charge in [-0.05, 0) is 37.8 Å². The van der Waals surface area contributed by atoms with E-state index >= 15 is 0 Å². The molecule has 0 spiro atoms. The van der Waals surface area contributed by atoms with E-state index in [9.17, 15) is 0 Å². The molecular weight excluding hydrogens is 390 g/mol. The number of aromatic nitrogens is 7. The Morgan fingerprint density at radius 1 is 0.935 bits per heavy atom. The molecule has 1 N–H and O–H groups in total. The van der Waals surface area contributed by atoms with Crippen molar-refractivity contribution in [3.8, 4) is 5.82 Å². The van der Waals surface area contributed by atoms with Crippen LogP contribution in [0.3, 0.4) is 0 Å². The van der Waals surface area contributed by atoms with E-state index in [1.807, 2.05) is 39.9 Å². The zero-order valence-electron chi connectivity index (χ0n) is 17.6. The van der Waals surface area contributed by atoms with E-state index in [0.717, 1.165) is 42.0 Å². The molecule has 9 heteroatoms. The van der Waals surface area contributed by atoms with E-state index in [0.29, 0.717) is 6.04 Å². The fourth-order valence-electron chi connectivity index (χ4n) is 4.74. The number of nitrogens with one attached hydrogen (secondary N) is 1. The van der Waals surface area contributed by atoms with Gasteiger partial charge in [0.2, 0.25) is 5.95 Å². The van der Waals surface area contributed by atoms with Gasteiger partial charge in [0.15, 0.2) is 11.6 Å². The molecule has 0 bridgehead atoms. The van der Waals surface area contributed by atoms with Crippen molar-refractivity contribution >= 4 is 23.1 Å². The summed E-state index contributed by atoms with van der Waals surface area (Å²) < 4.78 is 6.10. The lowest BCUT2D eigenvalue weighted by Gasteiger charge is -2.22. The van der Waals surface area contributed by atoms with Crippen molar-refractivity contribution in [2.45, 2.75) is 51.0 Å². The molecule has 2 aliphatic rings. The van der Waals surface area contributed by atoms with Crippen LogP contribution in [0, 0.1) is 0 Å². The molecule has 4 aromatic rings. The average molecular weight is 418 g/mol. The molecule has 9 nitrogen and oxygen atoms in total. The summed E-state index contributed by atoms with van der Waals surface area (Å²) in [5, 5.41) is 8.06. The number of hydrogen-bond acceptors (Lipinski definition) is 6. The second-order valence-corrected chi connectivity index (χ2v) is 8.55. The van der Waals surface area contributed by atoms with E-state index < -0.39 is 0 Å². The van der Waals surface area contributed by atoms with Crippen LogP contribution in [-0.2, 0) is 0 Å². The SMILES string of the molecule is c1cc2c(Nc3cn(-c4cn(C5CCCCC5)cn4)cn3)nc(N3CCCC3)nn2c1. The van der Waals surface area contributed by atoms with E-state index in [-0.39, 0.29) is 0 Å². The number of imidazole rings is 2. The van der Waals surface area contributed by atoms with E-state index in [1.54, 1.807) is 6.33 Å². The summed E-state index contributed by atoms with van der Waals surface area (Å²) in [5.74, 6) is 3.15. The van der Waals surface area contributed by atoms with Crippen molar-refractivity contribution in [2.24, 2.45) is 0 Å². The van der Waals surface area contributed by atoms with E-state index in [4.69, 9.17) is 4.98 Å². The van der Waals surface area contributed by atoms with Gasteiger partial charge in [0.25, 0.3) is 0 Å². The summed E-state index contributed by atoms with van der Waals surface area (Å²) >= 11 is 0. The molecule has 0 unspecified atom stereocenters. The Labute approximate surface area is 180 Å². The monoisotopic (exact) mass is 417 g/mol. The normalized spacial score (nSPS) is 17.6. The van der Waals surface area contributed by atoms with Gasteiger partial charge >= 0.3 is 0 Å². The highest BCUT2D eigenvalue weighted by molar-refractivity contribution is 5.73. The molecule has 1 aliphatic heterocycles. The predicted octanol–water partition coefficient (Wildman–Crippen LogP) is 3.96. The van der Waals surface area contributed by atoms with Crippen LogP contribution in [0.25, 0.3) is 11.3 Å². The van der Waals surface area contributed by atoms with Crippen LogP contribution in [0.2, 0.25) is 0 Å². The first-order chi connectivity index (χ1) is 15.3. The predicted molar refractivity (Wildman–Crippen MR) is 119 cm³/mol. The van der Waals surface area contributed by atoms with Crippen LogP contribution in [0.4, 0.5) is 17.6 Å². The third-order valence-corrected chi connectivity index (χ3v) is 6.45. The minimum absolute atomic E-state index is 0.573. The molecule has 1 saturated carbocycles. The van der Waals surface area contributed by atoms with Gasteiger partial charge in [0.1, 0.15) is 17.7 Å². The van der Waals surface area contributed by atoms with Crippen molar-refractivity contribution in [3.63, 3.8) is 0 Å². The van der Waals surface area contributed by atoms with Crippen molar-refractivity contribution < 1.29 is 0 Å². The first kappa shape index (κ1) is 18.4. The molecule has 31 heavy (non-hydrogen) atoms. The Hall–Kier alpha value is -3.36. The molecule has 1 aliphatic carbocycles. The smallest absolute Gasteiger partial charge is 0.245 e. The Morgan fingerprint density at radius 3 is 2.68 bits per heavy atom. The lowest BCUT2D eigenvalue weighted by atomic mass is 9.95. The molecule has 1 saturated heterocycles. The Bertz CT molecular complexity index is 1170. The summed E-state index contributed by atoms with van der Waals surface area (Å²) in [6.07, 6.45) is 18.6. The highest BCUT2D eigenvalue weighted by Gasteiger charge is 2.19. The lowest BCUT2D eigenvalue weighted by molar-refractivity contribution is 0.353. The van der Waals surface area contributed by atoms with Crippen LogP contribution in [-0.4, -0.2) is 46.8 Å². The second-order valence-electron chi connectivity index (χ2n) is 8.55. The number of fused-ring (bicyclic) bond motifs is 1. The van der Waals surface area contributed by atoms with Gasteiger partial charge in [-0.15, -0.1) is 5.10 Å². The summed E-state index contributed by atoms with van der Waals surface area (Å²) in [7, 11) is 0. The van der Waals surface area contributed by atoms with Gasteiger partial charge < -0.3 is 14.8 Å². The largest absolute Gasteiger partial charge is 0.340 e. The number of nitrogens with zero attached hydrogens (tertiary/aromatic N) is 8. The molecule has 0 amide bonds. The topological polar surface area (TPSA) is 81.1 Å². The Balaban J connectivity index is 1.25. The van der Waals surface area contributed by atoms with E-state index in [2.05, 4.69) is 36.0 Å². The van der Waals surface area contributed by atoms with Crippen molar-refractivity contribution in [2.75, 3.05) is 23.3 Å². The zero-order valence-corrected chi connectivity index (χ0v) is 17.6. The first-order valence-electron chi connectivity index (χ1n) is 11.3. The average Bonchev–Trinajstić information content (AvgIpc) is 3.61. The van der Waals surface area contributed by atoms with Gasteiger partial charge in [-0.1, -0.05) is 19.3 Å². The fourth-order valence-corrected chi connectivity index (χ4v) is 4.74. The maximum Gasteiger partial charge on any atom is 0.245 e.